The Bertz CT molecular complexity index is 1100. The van der Waals surface area contributed by atoms with E-state index in [0.29, 0.717) is 25.3 Å². The van der Waals surface area contributed by atoms with E-state index in [9.17, 15) is 30.3 Å². The van der Waals surface area contributed by atoms with Crippen molar-refractivity contribution in [3.63, 3.8) is 0 Å². The molecule has 2 unspecified atom stereocenters. The van der Waals surface area contributed by atoms with Crippen molar-refractivity contribution in [1.82, 2.24) is 16.0 Å². The molecule has 18 nitrogen and oxygen atoms in total. The molecule has 4 aliphatic rings. The number of rotatable bonds is 12. The van der Waals surface area contributed by atoms with Gasteiger partial charge >= 0.3 is 0 Å². The van der Waals surface area contributed by atoms with Gasteiger partial charge in [0.25, 0.3) is 5.91 Å². The number of amides is 1. The second-order valence-electron chi connectivity index (χ2n) is 13.3. The first kappa shape index (κ1) is 36.6. The van der Waals surface area contributed by atoms with Crippen LogP contribution in [-0.4, -0.2) is 149 Å². The summed E-state index contributed by atoms with van der Waals surface area (Å²) in [5.41, 5.74) is 26.6. The van der Waals surface area contributed by atoms with Crippen LogP contribution in [0.25, 0.3) is 0 Å². The number of aliphatic hydroxyl groups is 5. The molecule has 2 aliphatic carbocycles. The van der Waals surface area contributed by atoms with Crippen molar-refractivity contribution in [2.45, 2.75) is 111 Å². The highest BCUT2D eigenvalue weighted by Gasteiger charge is 2.55. The Morgan fingerprint density at radius 3 is 2.52 bits per heavy atom. The van der Waals surface area contributed by atoms with E-state index in [1.807, 2.05) is 6.08 Å². The number of nitrogens with one attached hydrogen (secondary N) is 3. The number of carbonyl (C=O) groups excluding carboxylic acids is 1. The molecule has 2 saturated carbocycles. The van der Waals surface area contributed by atoms with Gasteiger partial charge in [-0.3, -0.25) is 9.79 Å². The first-order valence-corrected chi connectivity index (χ1v) is 15.7. The van der Waals surface area contributed by atoms with Gasteiger partial charge in [0.15, 0.2) is 12.2 Å². The summed E-state index contributed by atoms with van der Waals surface area (Å²) in [6, 6.07) is -3.91. The van der Waals surface area contributed by atoms with E-state index < -0.39 is 90.0 Å². The average Bonchev–Trinajstić information content (AvgIpc) is 2.96. The molecule has 0 radical (unpaired) electrons. The molecule has 264 valence electrons. The Hall–Kier alpha value is -2.20. The number of ether oxygens (including phenoxy) is 3. The molecule has 46 heavy (non-hydrogen) atoms. The summed E-state index contributed by atoms with van der Waals surface area (Å²) in [7, 11) is 1.58. The first-order valence-electron chi connectivity index (χ1n) is 15.7. The predicted molar refractivity (Wildman–Crippen MR) is 165 cm³/mol. The van der Waals surface area contributed by atoms with Crippen molar-refractivity contribution < 1.29 is 44.5 Å². The zero-order valence-electron chi connectivity index (χ0n) is 26.4. The number of aliphatic hydroxyl groups excluding tert-OH is 3. The van der Waals surface area contributed by atoms with Gasteiger partial charge in [-0.05, 0) is 32.9 Å². The highest BCUT2D eigenvalue weighted by molar-refractivity contribution is 5.87. The Balaban J connectivity index is 1.54. The van der Waals surface area contributed by atoms with Gasteiger partial charge in [0, 0.05) is 43.4 Å². The molecule has 2 aliphatic heterocycles. The standard InChI is InChI=1S/C28H53N9O9/c1-27(42)11-44-24(20(40)23(27)34-2)46-22-17(37-25(41)28(43)6-13(7-28)36-26(32)33)5-16(31)18(19(22)39)21-15(30)4-3-14(45-21)9-35-8-12(29)10-38/h3,12-13,15-24,34-35,38-40,42-43H,4-11,29-31H2,1-2H3,(H,37,41)(H4,32,33,36)/t12?,13?,15-,16+,17-,18?,19+,20-,21+,22+,23-,24-,27+,28?/m1/s1. The van der Waals surface area contributed by atoms with Crippen LogP contribution in [-0.2, 0) is 19.0 Å². The summed E-state index contributed by atoms with van der Waals surface area (Å²) < 4.78 is 18.2. The van der Waals surface area contributed by atoms with Gasteiger partial charge in [0.2, 0.25) is 0 Å². The van der Waals surface area contributed by atoms with Crippen LogP contribution in [0.5, 0.6) is 0 Å². The molecule has 1 saturated heterocycles. The van der Waals surface area contributed by atoms with Crippen molar-refractivity contribution in [2.24, 2.45) is 39.6 Å². The van der Waals surface area contributed by atoms with Crippen molar-refractivity contribution in [3.8, 4) is 0 Å². The normalized spacial score (nSPS) is 43.4. The second kappa shape index (κ2) is 14.9. The van der Waals surface area contributed by atoms with Crippen LogP contribution < -0.4 is 44.6 Å². The second-order valence-corrected chi connectivity index (χ2v) is 13.3. The molecule has 18 heteroatoms. The molecular weight excluding hydrogens is 606 g/mol. The third-order valence-corrected chi connectivity index (χ3v) is 9.44. The van der Waals surface area contributed by atoms with Crippen molar-refractivity contribution in [3.05, 3.63) is 11.8 Å². The van der Waals surface area contributed by atoms with Gasteiger partial charge in [-0.1, -0.05) is 0 Å². The quantitative estimate of drug-likeness (QED) is 0.0684. The van der Waals surface area contributed by atoms with Gasteiger partial charge in [-0.2, -0.15) is 0 Å². The molecular formula is C28H53N9O9. The van der Waals surface area contributed by atoms with Crippen LogP contribution in [0.15, 0.2) is 16.8 Å². The number of likely N-dealkylation sites (N-methyl/N-ethyl adjacent to an activating group) is 1. The van der Waals surface area contributed by atoms with Crippen LogP contribution in [0.3, 0.4) is 0 Å². The molecule has 2 heterocycles. The highest BCUT2D eigenvalue weighted by Crippen LogP contribution is 2.38. The summed E-state index contributed by atoms with van der Waals surface area (Å²) in [5, 5.41) is 62.6. The van der Waals surface area contributed by atoms with Crippen molar-refractivity contribution >= 4 is 11.9 Å². The van der Waals surface area contributed by atoms with E-state index in [-0.39, 0.29) is 38.4 Å². The number of hydrogen-bond donors (Lipinski definition) is 13. The first-order chi connectivity index (χ1) is 21.6. The van der Waals surface area contributed by atoms with Crippen LogP contribution in [0.1, 0.15) is 32.6 Å². The molecule has 0 spiro atoms. The van der Waals surface area contributed by atoms with Crippen LogP contribution in [0.2, 0.25) is 0 Å². The molecule has 12 atom stereocenters. The number of nitrogens with two attached hydrogens (primary N) is 5. The molecule has 3 fully saturated rings. The van der Waals surface area contributed by atoms with Gasteiger partial charge in [-0.15, -0.1) is 0 Å². The van der Waals surface area contributed by atoms with E-state index in [4.69, 9.17) is 42.9 Å². The minimum Gasteiger partial charge on any atom is -0.492 e. The molecule has 0 bridgehead atoms. The lowest BCUT2D eigenvalue weighted by Gasteiger charge is -2.51. The van der Waals surface area contributed by atoms with Gasteiger partial charge < -0.3 is 84.4 Å². The third kappa shape index (κ3) is 8.08. The van der Waals surface area contributed by atoms with E-state index in [2.05, 4.69) is 20.9 Å². The summed E-state index contributed by atoms with van der Waals surface area (Å²) in [4.78, 5) is 17.3. The number of hydrogen-bond acceptors (Lipinski definition) is 15. The fourth-order valence-corrected chi connectivity index (χ4v) is 6.91. The van der Waals surface area contributed by atoms with E-state index in [0.717, 1.165) is 0 Å². The Morgan fingerprint density at radius 1 is 1.20 bits per heavy atom. The lowest BCUT2D eigenvalue weighted by molar-refractivity contribution is -0.297. The van der Waals surface area contributed by atoms with Gasteiger partial charge in [-0.25, -0.2) is 0 Å². The Morgan fingerprint density at radius 2 is 1.89 bits per heavy atom. The van der Waals surface area contributed by atoms with E-state index in [1.54, 1.807) is 7.05 Å². The van der Waals surface area contributed by atoms with E-state index >= 15 is 0 Å². The zero-order chi connectivity index (χ0) is 34.0. The number of nitrogens with zero attached hydrogens (tertiary/aromatic N) is 1. The molecule has 4 rings (SSSR count). The largest absolute Gasteiger partial charge is 0.492 e. The topological polar surface area (TPSA) is 324 Å². The van der Waals surface area contributed by atoms with Crippen molar-refractivity contribution in [2.75, 3.05) is 33.4 Å². The number of guanidine groups is 1. The molecule has 1 amide bonds. The summed E-state index contributed by atoms with van der Waals surface area (Å²) in [6.45, 7) is 1.80. The zero-order valence-corrected chi connectivity index (χ0v) is 26.4. The number of aliphatic imine (C=N–C) groups is 1. The lowest BCUT2D eigenvalue weighted by Crippen LogP contribution is -2.70. The van der Waals surface area contributed by atoms with Gasteiger partial charge in [0.05, 0.1) is 44.0 Å². The average molecular weight is 660 g/mol. The van der Waals surface area contributed by atoms with E-state index in [1.165, 1.54) is 6.92 Å². The maximum Gasteiger partial charge on any atom is 0.252 e. The van der Waals surface area contributed by atoms with Crippen LogP contribution in [0.4, 0.5) is 0 Å². The maximum atomic E-state index is 13.3. The predicted octanol–water partition coefficient (Wildman–Crippen LogP) is -6.30. The SMILES string of the molecule is CN[C@@H]1[C@@H](O)[C@@H](O[C@H]2[C@H](NC(=O)C3(O)CC(N=C(N)N)C3)C[C@H](N)C([C@H]3OC(CNCC(N)CO)=CC[C@H]3N)[C@@H]2O)OC[C@]1(C)O. The van der Waals surface area contributed by atoms with Gasteiger partial charge in [0.1, 0.15) is 35.3 Å². The lowest BCUT2D eigenvalue weighted by atomic mass is 9.71. The highest BCUT2D eigenvalue weighted by atomic mass is 16.7. The maximum absolute atomic E-state index is 13.3. The van der Waals surface area contributed by atoms with Crippen molar-refractivity contribution in [1.29, 1.82) is 0 Å². The number of carbonyl (C=O) groups is 1. The summed E-state index contributed by atoms with van der Waals surface area (Å²) in [5.74, 6) is -1.07. The molecule has 18 N–H and O–H groups in total. The Kier molecular flexibility index (Phi) is 11.9. The minimum atomic E-state index is -1.75. The molecule has 0 aromatic rings. The van der Waals surface area contributed by atoms with Crippen LogP contribution >= 0.6 is 0 Å². The smallest absolute Gasteiger partial charge is 0.252 e. The fraction of sp³-hybridized carbons (Fsp3) is 0.857. The summed E-state index contributed by atoms with van der Waals surface area (Å²) in [6.07, 6.45) is -3.64. The molecule has 0 aromatic carbocycles. The Labute approximate surface area is 268 Å². The fourth-order valence-electron chi connectivity index (χ4n) is 6.91. The van der Waals surface area contributed by atoms with Crippen LogP contribution in [0, 0.1) is 5.92 Å². The minimum absolute atomic E-state index is 0.00723. The monoisotopic (exact) mass is 659 g/mol. The molecule has 0 aromatic heterocycles. The summed E-state index contributed by atoms with van der Waals surface area (Å²) >= 11 is 0. The third-order valence-electron chi connectivity index (χ3n) is 9.44.